The molecule has 0 amide bonds. The van der Waals surface area contributed by atoms with E-state index in [-0.39, 0.29) is 6.04 Å². The maximum Gasteiger partial charge on any atom is 0.201 e. The Balaban J connectivity index is 1.57. The van der Waals surface area contributed by atoms with Crippen LogP contribution >= 0.6 is 0 Å². The highest BCUT2D eigenvalue weighted by Gasteiger charge is 2.28. The van der Waals surface area contributed by atoms with Crippen LogP contribution in [0.25, 0.3) is 10.9 Å². The summed E-state index contributed by atoms with van der Waals surface area (Å²) >= 11 is 0. The molecule has 2 aromatic rings. The third-order valence-corrected chi connectivity index (χ3v) is 7.18. The van der Waals surface area contributed by atoms with Crippen molar-refractivity contribution in [3.63, 3.8) is 0 Å². The van der Waals surface area contributed by atoms with Gasteiger partial charge in [0.1, 0.15) is 0 Å². The summed E-state index contributed by atoms with van der Waals surface area (Å²) in [5, 5.41) is 12.4. The van der Waals surface area contributed by atoms with Crippen LogP contribution in [0, 0.1) is 11.8 Å². The quantitative estimate of drug-likeness (QED) is 0.810. The van der Waals surface area contributed by atoms with Crippen molar-refractivity contribution in [3.8, 4) is 5.88 Å². The molecule has 2 fully saturated rings. The van der Waals surface area contributed by atoms with Gasteiger partial charge in [-0.05, 0) is 48.8 Å². The van der Waals surface area contributed by atoms with E-state index >= 15 is 0 Å². The molecule has 1 saturated heterocycles. The number of aromatic hydroxyl groups is 1. The summed E-state index contributed by atoms with van der Waals surface area (Å²) in [5.74, 6) is 1.94. The number of hydrogen-bond acceptors (Lipinski definition) is 4. The molecule has 2 aliphatic heterocycles. The second-order valence-electron chi connectivity index (χ2n) is 9.02. The fourth-order valence-corrected chi connectivity index (χ4v) is 5.23. The Labute approximate surface area is 172 Å². The lowest BCUT2D eigenvalue weighted by Gasteiger charge is -2.31. The van der Waals surface area contributed by atoms with Gasteiger partial charge in [0, 0.05) is 24.6 Å². The number of benzene rings is 1. The standard InChI is InChI=1S/C24H32N2O3/c1-16(18-3-2-4-18)13-17-5-6-22-20(14-17)23(21-15-29-12-9-25-21)24(27)26(22)19-7-10-28-11-8-19/h5-6,14,16,18-19,27H,2-4,7-13,15H2,1H3. The van der Waals surface area contributed by atoms with E-state index in [0.717, 1.165) is 60.6 Å². The Kier molecular flexibility index (Phi) is 5.35. The monoisotopic (exact) mass is 396 g/mol. The summed E-state index contributed by atoms with van der Waals surface area (Å²) in [6.07, 6.45) is 7.11. The number of aromatic nitrogens is 1. The molecule has 1 aromatic carbocycles. The number of rotatable bonds is 5. The van der Waals surface area contributed by atoms with E-state index in [1.807, 2.05) is 0 Å². The lowest BCUT2D eigenvalue weighted by atomic mass is 9.74. The van der Waals surface area contributed by atoms with Crippen molar-refractivity contribution < 1.29 is 14.6 Å². The first kappa shape index (κ1) is 19.1. The summed E-state index contributed by atoms with van der Waals surface area (Å²) in [4.78, 5) is 4.70. The van der Waals surface area contributed by atoms with Crippen LogP contribution in [0.5, 0.6) is 5.88 Å². The molecule has 1 unspecified atom stereocenters. The summed E-state index contributed by atoms with van der Waals surface area (Å²) in [5.41, 5.74) is 4.23. The summed E-state index contributed by atoms with van der Waals surface area (Å²) in [6.45, 7) is 5.69. The second kappa shape index (κ2) is 8.11. The van der Waals surface area contributed by atoms with Gasteiger partial charge in [-0.1, -0.05) is 32.3 Å². The van der Waals surface area contributed by atoms with Gasteiger partial charge in [-0.25, -0.2) is 0 Å². The van der Waals surface area contributed by atoms with Gasteiger partial charge in [-0.15, -0.1) is 0 Å². The maximum atomic E-state index is 11.3. The van der Waals surface area contributed by atoms with Crippen LogP contribution in [-0.2, 0) is 15.9 Å². The molecule has 1 N–H and O–H groups in total. The highest BCUT2D eigenvalue weighted by molar-refractivity contribution is 6.14. The van der Waals surface area contributed by atoms with Gasteiger partial charge in [0.05, 0.1) is 36.6 Å². The van der Waals surface area contributed by atoms with Gasteiger partial charge in [-0.2, -0.15) is 0 Å². The van der Waals surface area contributed by atoms with Gasteiger partial charge < -0.3 is 19.1 Å². The van der Waals surface area contributed by atoms with Crippen LogP contribution in [0.4, 0.5) is 0 Å². The normalized spacial score (nSPS) is 22.4. The van der Waals surface area contributed by atoms with Gasteiger partial charge in [-0.3, -0.25) is 4.99 Å². The lowest BCUT2D eigenvalue weighted by Crippen LogP contribution is -2.21. The minimum absolute atomic E-state index is 0.268. The molecule has 1 atom stereocenters. The third-order valence-electron chi connectivity index (χ3n) is 7.18. The first-order chi connectivity index (χ1) is 14.2. The Morgan fingerprint density at radius 1 is 1.14 bits per heavy atom. The van der Waals surface area contributed by atoms with Gasteiger partial charge in [0.2, 0.25) is 5.88 Å². The minimum Gasteiger partial charge on any atom is -0.494 e. The zero-order chi connectivity index (χ0) is 19.8. The van der Waals surface area contributed by atoms with Crippen molar-refractivity contribution in [3.05, 3.63) is 29.3 Å². The molecule has 3 heterocycles. The number of aliphatic imine (C=N–C) groups is 1. The SMILES string of the molecule is CC(Cc1ccc2c(c1)c(C1=NCCOC1)c(O)n2C1CCOCC1)C1CCC1. The van der Waals surface area contributed by atoms with E-state index in [1.165, 1.54) is 24.8 Å². The second-order valence-corrected chi connectivity index (χ2v) is 9.02. The van der Waals surface area contributed by atoms with Gasteiger partial charge >= 0.3 is 0 Å². The average molecular weight is 397 g/mol. The molecule has 3 aliphatic rings. The zero-order valence-corrected chi connectivity index (χ0v) is 17.4. The van der Waals surface area contributed by atoms with Crippen molar-refractivity contribution in [2.45, 2.75) is 51.5 Å². The van der Waals surface area contributed by atoms with E-state index in [1.54, 1.807) is 0 Å². The van der Waals surface area contributed by atoms with Crippen molar-refractivity contribution in [2.75, 3.05) is 33.0 Å². The van der Waals surface area contributed by atoms with Crippen molar-refractivity contribution in [1.82, 2.24) is 4.57 Å². The van der Waals surface area contributed by atoms with Gasteiger partial charge in [0.15, 0.2) is 0 Å². The molecule has 5 heteroatoms. The number of ether oxygens (including phenoxy) is 2. The molecule has 156 valence electrons. The van der Waals surface area contributed by atoms with E-state index in [2.05, 4.69) is 29.7 Å². The minimum atomic E-state index is 0.268. The van der Waals surface area contributed by atoms with E-state index in [4.69, 9.17) is 14.5 Å². The molecule has 29 heavy (non-hydrogen) atoms. The van der Waals surface area contributed by atoms with E-state index in [0.29, 0.717) is 31.6 Å². The Bertz CT molecular complexity index is 906. The van der Waals surface area contributed by atoms with Crippen molar-refractivity contribution in [1.29, 1.82) is 0 Å². The number of nitrogens with zero attached hydrogens (tertiary/aromatic N) is 2. The van der Waals surface area contributed by atoms with Crippen LogP contribution < -0.4 is 0 Å². The third kappa shape index (κ3) is 3.59. The first-order valence-electron chi connectivity index (χ1n) is 11.3. The fraction of sp³-hybridized carbons (Fsp3) is 0.625. The Morgan fingerprint density at radius 3 is 2.66 bits per heavy atom. The average Bonchev–Trinajstić information content (AvgIpc) is 2.99. The molecule has 1 saturated carbocycles. The van der Waals surface area contributed by atoms with Crippen LogP contribution in [-0.4, -0.2) is 48.4 Å². The first-order valence-corrected chi connectivity index (χ1v) is 11.3. The number of hydrogen-bond donors (Lipinski definition) is 1. The van der Waals surface area contributed by atoms with E-state index < -0.39 is 0 Å². The smallest absolute Gasteiger partial charge is 0.201 e. The lowest BCUT2D eigenvalue weighted by molar-refractivity contribution is 0.0688. The Morgan fingerprint density at radius 2 is 1.97 bits per heavy atom. The maximum absolute atomic E-state index is 11.3. The molecule has 5 rings (SSSR count). The zero-order valence-electron chi connectivity index (χ0n) is 17.4. The topological polar surface area (TPSA) is 56.0 Å². The van der Waals surface area contributed by atoms with Gasteiger partial charge in [0.25, 0.3) is 0 Å². The molecule has 1 aromatic heterocycles. The molecule has 1 aliphatic carbocycles. The number of fused-ring (bicyclic) bond motifs is 1. The van der Waals surface area contributed by atoms with Crippen LogP contribution in [0.15, 0.2) is 23.2 Å². The summed E-state index contributed by atoms with van der Waals surface area (Å²) < 4.78 is 13.4. The predicted octanol–water partition coefficient (Wildman–Crippen LogP) is 4.50. The van der Waals surface area contributed by atoms with Crippen LogP contribution in [0.1, 0.15) is 56.2 Å². The van der Waals surface area contributed by atoms with Crippen molar-refractivity contribution >= 4 is 16.6 Å². The van der Waals surface area contributed by atoms with Crippen LogP contribution in [0.2, 0.25) is 0 Å². The fourth-order valence-electron chi connectivity index (χ4n) is 5.23. The Hall–Kier alpha value is -1.85. The predicted molar refractivity (Wildman–Crippen MR) is 115 cm³/mol. The largest absolute Gasteiger partial charge is 0.494 e. The molecule has 0 spiro atoms. The molecule has 5 nitrogen and oxygen atoms in total. The molecular weight excluding hydrogens is 364 g/mol. The summed E-state index contributed by atoms with van der Waals surface area (Å²) in [6, 6.07) is 7.04. The highest BCUT2D eigenvalue weighted by atomic mass is 16.5. The molecule has 0 radical (unpaired) electrons. The highest BCUT2D eigenvalue weighted by Crippen LogP contribution is 2.40. The van der Waals surface area contributed by atoms with Crippen LogP contribution in [0.3, 0.4) is 0 Å². The molecule has 0 bridgehead atoms. The summed E-state index contributed by atoms with van der Waals surface area (Å²) in [7, 11) is 0. The van der Waals surface area contributed by atoms with Crippen molar-refractivity contribution in [2.24, 2.45) is 16.8 Å². The molecular formula is C24H32N2O3. The van der Waals surface area contributed by atoms with E-state index in [9.17, 15) is 5.11 Å².